The Labute approximate surface area is 268 Å². The van der Waals surface area contributed by atoms with Crippen LogP contribution in [0.5, 0.6) is 0 Å². The number of nitro benzene ring substituents is 1. The quantitative estimate of drug-likeness (QED) is 0.150. The molecular weight excluding hydrogens is 626 g/mol. The molecule has 0 radical (unpaired) electrons. The number of nitro groups is 1. The minimum atomic E-state index is -1.43. The third-order valence-corrected chi connectivity index (χ3v) is 9.71. The smallest absolute Gasteiger partial charge is 0.337 e. The number of likely N-dealkylation sites (tertiary alicyclic amines) is 1. The molecular formula is C32H31Cl2FN4O6. The first kappa shape index (κ1) is 31.4. The van der Waals surface area contributed by atoms with Crippen molar-refractivity contribution >= 4 is 46.5 Å². The predicted molar refractivity (Wildman–Crippen MR) is 166 cm³/mol. The van der Waals surface area contributed by atoms with Gasteiger partial charge in [-0.2, -0.15) is 0 Å². The molecule has 236 valence electrons. The Morgan fingerprint density at radius 1 is 1.22 bits per heavy atom. The van der Waals surface area contributed by atoms with Crippen LogP contribution in [0.4, 0.5) is 15.8 Å². The number of fused-ring (bicyclic) bond motifs is 2. The molecule has 2 heterocycles. The highest BCUT2D eigenvalue weighted by Crippen LogP contribution is 2.59. The zero-order chi connectivity index (χ0) is 32.0. The molecule has 10 nitrogen and oxygen atoms in total. The SMILES string of the molecule is COC(=O)c1ccc([N+](=O)[O-])c(CN[C@@H]2[C@H](CCO)N(CC3CC3)[C@@]3(C(=O)Nc4cc(Cl)ccc43)[C@H]2c2cccc(Cl)c2F)c1. The molecule has 1 saturated carbocycles. The number of anilines is 1. The zero-order valence-corrected chi connectivity index (χ0v) is 25.8. The summed E-state index contributed by atoms with van der Waals surface area (Å²) in [4.78, 5) is 40.2. The molecule has 1 saturated heterocycles. The summed E-state index contributed by atoms with van der Waals surface area (Å²) in [7, 11) is 1.22. The summed E-state index contributed by atoms with van der Waals surface area (Å²) in [6, 6.07) is 12.5. The number of halogens is 3. The lowest BCUT2D eigenvalue weighted by Crippen LogP contribution is -2.52. The number of hydrogen-bond acceptors (Lipinski definition) is 8. The number of nitrogens with zero attached hydrogens (tertiary/aromatic N) is 2. The number of hydrogen-bond donors (Lipinski definition) is 3. The molecule has 6 rings (SSSR count). The monoisotopic (exact) mass is 656 g/mol. The molecule has 0 aromatic heterocycles. The van der Waals surface area contributed by atoms with Crippen molar-refractivity contribution in [2.75, 3.05) is 25.6 Å². The van der Waals surface area contributed by atoms with Crippen molar-refractivity contribution in [2.24, 2.45) is 5.92 Å². The molecule has 2 fully saturated rings. The Morgan fingerprint density at radius 2 is 2.00 bits per heavy atom. The van der Waals surface area contributed by atoms with Crippen molar-refractivity contribution in [3.05, 3.63) is 103 Å². The zero-order valence-electron chi connectivity index (χ0n) is 24.3. The highest BCUT2D eigenvalue weighted by Gasteiger charge is 2.67. The minimum absolute atomic E-state index is 0.102. The largest absolute Gasteiger partial charge is 0.465 e. The molecule has 0 unspecified atom stereocenters. The van der Waals surface area contributed by atoms with E-state index in [2.05, 4.69) is 15.5 Å². The van der Waals surface area contributed by atoms with Crippen LogP contribution in [-0.4, -0.2) is 59.2 Å². The summed E-state index contributed by atoms with van der Waals surface area (Å²) in [5.74, 6) is -2.29. The van der Waals surface area contributed by atoms with E-state index in [0.717, 1.165) is 12.8 Å². The van der Waals surface area contributed by atoms with E-state index in [1.165, 1.54) is 31.4 Å². The lowest BCUT2D eigenvalue weighted by molar-refractivity contribution is -0.385. The van der Waals surface area contributed by atoms with Crippen LogP contribution >= 0.6 is 23.2 Å². The normalized spacial score (nSPS) is 24.1. The second-order valence-corrected chi connectivity index (χ2v) is 12.5. The second-order valence-electron chi connectivity index (χ2n) is 11.7. The highest BCUT2D eigenvalue weighted by atomic mass is 35.5. The van der Waals surface area contributed by atoms with Crippen molar-refractivity contribution in [2.45, 2.75) is 49.3 Å². The van der Waals surface area contributed by atoms with Crippen molar-refractivity contribution in [3.63, 3.8) is 0 Å². The van der Waals surface area contributed by atoms with Crippen LogP contribution in [-0.2, 0) is 21.6 Å². The summed E-state index contributed by atoms with van der Waals surface area (Å²) >= 11 is 12.7. The summed E-state index contributed by atoms with van der Waals surface area (Å²) in [5, 5.41) is 29.0. The number of carbonyl (C=O) groups excluding carboxylic acids is 2. The molecule has 2 aliphatic heterocycles. The van der Waals surface area contributed by atoms with E-state index in [1.54, 1.807) is 30.3 Å². The van der Waals surface area contributed by atoms with Gasteiger partial charge in [-0.05, 0) is 61.1 Å². The fourth-order valence-corrected chi connectivity index (χ4v) is 7.49. The van der Waals surface area contributed by atoms with Gasteiger partial charge >= 0.3 is 5.97 Å². The number of amides is 1. The van der Waals surface area contributed by atoms with Crippen LogP contribution < -0.4 is 10.6 Å². The van der Waals surface area contributed by atoms with Crippen LogP contribution in [0.2, 0.25) is 10.0 Å². The Morgan fingerprint density at radius 3 is 2.69 bits per heavy atom. The summed E-state index contributed by atoms with van der Waals surface area (Å²) < 4.78 is 21.0. The average molecular weight is 658 g/mol. The van der Waals surface area contributed by atoms with Crippen molar-refractivity contribution < 1.29 is 28.7 Å². The lowest BCUT2D eigenvalue weighted by Gasteiger charge is -2.40. The first-order valence-electron chi connectivity index (χ1n) is 14.6. The van der Waals surface area contributed by atoms with Gasteiger partial charge in [0.1, 0.15) is 11.4 Å². The van der Waals surface area contributed by atoms with Gasteiger partial charge in [-0.1, -0.05) is 41.4 Å². The lowest BCUT2D eigenvalue weighted by atomic mass is 9.73. The van der Waals surface area contributed by atoms with E-state index < -0.39 is 40.3 Å². The Balaban J connectivity index is 1.55. The molecule has 13 heteroatoms. The van der Waals surface area contributed by atoms with Crippen molar-refractivity contribution in [1.82, 2.24) is 10.2 Å². The van der Waals surface area contributed by atoms with Crippen LogP contribution in [0.3, 0.4) is 0 Å². The van der Waals surface area contributed by atoms with Gasteiger partial charge in [0.05, 0.1) is 22.6 Å². The van der Waals surface area contributed by atoms with Crippen molar-refractivity contribution in [3.8, 4) is 0 Å². The average Bonchev–Trinajstić information content (AvgIpc) is 3.75. The Kier molecular flexibility index (Phi) is 8.57. The number of aliphatic hydroxyl groups excluding tert-OH is 1. The number of rotatable bonds is 10. The van der Waals surface area contributed by atoms with E-state index in [9.17, 15) is 24.8 Å². The fraction of sp³-hybridized carbons (Fsp3) is 0.375. The van der Waals surface area contributed by atoms with Gasteiger partial charge in [-0.3, -0.25) is 19.8 Å². The first-order chi connectivity index (χ1) is 21.6. The Hall–Kier alpha value is -3.61. The first-order valence-corrected chi connectivity index (χ1v) is 15.4. The number of benzene rings is 3. The maximum atomic E-state index is 16.1. The van der Waals surface area contributed by atoms with E-state index in [1.807, 2.05) is 0 Å². The molecule has 0 bridgehead atoms. The number of nitrogens with one attached hydrogen (secondary N) is 2. The van der Waals surface area contributed by atoms with Crippen LogP contribution in [0.15, 0.2) is 54.6 Å². The third-order valence-electron chi connectivity index (χ3n) is 9.18. The molecule has 3 aliphatic rings. The van der Waals surface area contributed by atoms with Crippen LogP contribution in [0.25, 0.3) is 0 Å². The van der Waals surface area contributed by atoms with E-state index in [0.29, 0.717) is 28.7 Å². The van der Waals surface area contributed by atoms with E-state index >= 15 is 4.39 Å². The second kappa shape index (κ2) is 12.3. The predicted octanol–water partition coefficient (Wildman–Crippen LogP) is 5.39. The summed E-state index contributed by atoms with van der Waals surface area (Å²) in [6.07, 6.45) is 2.16. The number of ether oxygens (including phenoxy) is 1. The summed E-state index contributed by atoms with van der Waals surface area (Å²) in [5.41, 5.74) is -0.00113. The Bertz CT molecular complexity index is 1690. The maximum absolute atomic E-state index is 16.1. The molecule has 45 heavy (non-hydrogen) atoms. The maximum Gasteiger partial charge on any atom is 0.337 e. The minimum Gasteiger partial charge on any atom is -0.465 e. The molecule has 3 N–H and O–H groups in total. The standard InChI is InChI=1S/C32H31Cl2FN4O6/c1-45-30(41)18-7-10-25(39(43)44)19(13-18)15-36-29-26(11-12-40)38(16-17-5-6-17)32(27(29)21-3-2-4-23(34)28(21)35)22-9-8-20(33)14-24(22)37-31(32)42/h2-4,7-10,13-14,17,26-27,29,36,40H,5-6,11-12,15-16H2,1H3,(H,37,42)/t26-,27-,29+,32+/m0/s1. The van der Waals surface area contributed by atoms with Gasteiger partial charge in [0.2, 0.25) is 5.91 Å². The van der Waals surface area contributed by atoms with Crippen molar-refractivity contribution in [1.29, 1.82) is 0 Å². The van der Waals surface area contributed by atoms with E-state index in [4.69, 9.17) is 27.9 Å². The molecule has 1 aliphatic carbocycles. The number of aliphatic hydroxyl groups is 1. The van der Waals surface area contributed by atoms with Gasteiger partial charge in [0, 0.05) is 65.6 Å². The molecule has 3 aromatic rings. The van der Waals surface area contributed by atoms with E-state index in [-0.39, 0.29) is 52.9 Å². The fourth-order valence-electron chi connectivity index (χ4n) is 7.14. The van der Waals surface area contributed by atoms with Crippen LogP contribution in [0, 0.1) is 21.8 Å². The highest BCUT2D eigenvalue weighted by molar-refractivity contribution is 6.31. The summed E-state index contributed by atoms with van der Waals surface area (Å²) in [6.45, 7) is 0.182. The van der Waals surface area contributed by atoms with Crippen LogP contribution in [0.1, 0.15) is 52.2 Å². The van der Waals surface area contributed by atoms with Gasteiger partial charge in [-0.25, -0.2) is 9.18 Å². The van der Waals surface area contributed by atoms with Gasteiger partial charge in [0.15, 0.2) is 0 Å². The van der Waals surface area contributed by atoms with Gasteiger partial charge in [-0.15, -0.1) is 0 Å². The molecule has 4 atom stereocenters. The van der Waals surface area contributed by atoms with Gasteiger partial charge in [0.25, 0.3) is 5.69 Å². The number of methoxy groups -OCH3 is 1. The van der Waals surface area contributed by atoms with Gasteiger partial charge < -0.3 is 20.5 Å². The molecule has 1 spiro atoms. The molecule has 1 amide bonds. The third kappa shape index (κ3) is 5.36. The number of carbonyl (C=O) groups is 2. The number of esters is 1. The molecule has 3 aromatic carbocycles. The topological polar surface area (TPSA) is 134 Å².